The number of fused-ring (bicyclic) bond motifs is 1. The molecule has 0 unspecified atom stereocenters. The summed E-state index contributed by atoms with van der Waals surface area (Å²) in [5.74, 6) is -0.275. The molecule has 2 aromatic carbocycles. The summed E-state index contributed by atoms with van der Waals surface area (Å²) in [6.45, 7) is 0.596. The van der Waals surface area contributed by atoms with Crippen molar-refractivity contribution in [1.29, 1.82) is 0 Å². The molecule has 4 aromatic rings. The number of carbonyl (C=O) groups is 1. The van der Waals surface area contributed by atoms with Crippen LogP contribution in [0.15, 0.2) is 60.9 Å². The molecule has 0 radical (unpaired) electrons. The van der Waals surface area contributed by atoms with E-state index in [2.05, 4.69) is 20.6 Å². The van der Waals surface area contributed by atoms with Crippen molar-refractivity contribution in [3.05, 3.63) is 77.2 Å². The first-order valence-corrected chi connectivity index (χ1v) is 8.08. The Balaban J connectivity index is 1.49. The number of aromatic nitrogens is 4. The number of aromatic amines is 1. The van der Waals surface area contributed by atoms with Gasteiger partial charge in [0.15, 0.2) is 5.69 Å². The molecule has 2 aromatic heterocycles. The van der Waals surface area contributed by atoms with Gasteiger partial charge in [-0.2, -0.15) is 10.2 Å². The van der Waals surface area contributed by atoms with E-state index >= 15 is 0 Å². The lowest BCUT2D eigenvalue weighted by atomic mass is 10.2. The van der Waals surface area contributed by atoms with Gasteiger partial charge in [0, 0.05) is 16.6 Å². The Morgan fingerprint density at radius 1 is 1.16 bits per heavy atom. The van der Waals surface area contributed by atoms with Gasteiger partial charge in [0.05, 0.1) is 23.9 Å². The van der Waals surface area contributed by atoms with Crippen LogP contribution < -0.4 is 5.32 Å². The molecule has 0 aliphatic carbocycles. The van der Waals surface area contributed by atoms with Crippen LogP contribution >= 0.6 is 11.6 Å². The second-order valence-corrected chi connectivity index (χ2v) is 6.06. The highest BCUT2D eigenvalue weighted by Crippen LogP contribution is 2.17. The summed E-state index contributed by atoms with van der Waals surface area (Å²) in [5, 5.41) is 15.5. The molecule has 25 heavy (non-hydrogen) atoms. The van der Waals surface area contributed by atoms with Crippen LogP contribution in [0.4, 0.5) is 5.69 Å². The van der Waals surface area contributed by atoms with Crippen molar-refractivity contribution in [2.24, 2.45) is 0 Å². The lowest BCUT2D eigenvalue weighted by Crippen LogP contribution is -2.12. The highest BCUT2D eigenvalue weighted by atomic mass is 35.5. The number of para-hydroxylation sites is 1. The van der Waals surface area contributed by atoms with E-state index in [0.717, 1.165) is 16.5 Å². The lowest BCUT2D eigenvalue weighted by molar-refractivity contribution is 0.102. The van der Waals surface area contributed by atoms with Crippen molar-refractivity contribution in [1.82, 2.24) is 20.0 Å². The third-order valence-corrected chi connectivity index (χ3v) is 4.09. The zero-order valence-corrected chi connectivity index (χ0v) is 13.9. The van der Waals surface area contributed by atoms with Gasteiger partial charge in [0.25, 0.3) is 5.91 Å². The van der Waals surface area contributed by atoms with Crippen LogP contribution in [0.1, 0.15) is 16.1 Å². The standard InChI is InChI=1S/C18H14ClN5O/c19-13-7-5-12(6-8-13)10-24-11-14(9-20-24)21-18(25)17-15-3-1-2-4-16(15)22-23-17/h1-9,11H,10H2,(H,21,25)(H,22,23). The fourth-order valence-electron chi connectivity index (χ4n) is 2.62. The maximum atomic E-state index is 12.4. The molecule has 0 saturated carbocycles. The molecule has 4 rings (SSSR count). The minimum atomic E-state index is -0.275. The number of rotatable bonds is 4. The summed E-state index contributed by atoms with van der Waals surface area (Å²) < 4.78 is 1.75. The first-order valence-electron chi connectivity index (χ1n) is 7.70. The van der Waals surface area contributed by atoms with Gasteiger partial charge in [0.1, 0.15) is 0 Å². The highest BCUT2D eigenvalue weighted by Gasteiger charge is 2.14. The van der Waals surface area contributed by atoms with E-state index in [1.807, 2.05) is 48.5 Å². The summed E-state index contributed by atoms with van der Waals surface area (Å²) in [4.78, 5) is 12.4. The van der Waals surface area contributed by atoms with Gasteiger partial charge >= 0.3 is 0 Å². The van der Waals surface area contributed by atoms with Gasteiger partial charge in [-0.05, 0) is 23.8 Å². The van der Waals surface area contributed by atoms with Crippen LogP contribution in [0.5, 0.6) is 0 Å². The molecule has 0 fully saturated rings. The Labute approximate surface area is 148 Å². The minimum absolute atomic E-state index is 0.275. The topological polar surface area (TPSA) is 75.6 Å². The zero-order chi connectivity index (χ0) is 17.2. The van der Waals surface area contributed by atoms with Crippen molar-refractivity contribution >= 4 is 34.1 Å². The van der Waals surface area contributed by atoms with E-state index in [-0.39, 0.29) is 5.91 Å². The van der Waals surface area contributed by atoms with Crippen LogP contribution in [0, 0.1) is 0 Å². The van der Waals surface area contributed by atoms with E-state index in [1.165, 1.54) is 0 Å². The normalized spacial score (nSPS) is 10.9. The number of H-pyrrole nitrogens is 1. The fourth-order valence-corrected chi connectivity index (χ4v) is 2.74. The van der Waals surface area contributed by atoms with Crippen LogP contribution in [0.2, 0.25) is 5.02 Å². The number of amides is 1. The van der Waals surface area contributed by atoms with Gasteiger partial charge < -0.3 is 5.32 Å². The minimum Gasteiger partial charge on any atom is -0.318 e. The first-order chi connectivity index (χ1) is 12.2. The van der Waals surface area contributed by atoms with E-state index in [9.17, 15) is 4.79 Å². The van der Waals surface area contributed by atoms with E-state index in [1.54, 1.807) is 17.1 Å². The van der Waals surface area contributed by atoms with Crippen molar-refractivity contribution in [2.75, 3.05) is 5.32 Å². The molecular formula is C18H14ClN5O. The summed E-state index contributed by atoms with van der Waals surface area (Å²) in [7, 11) is 0. The van der Waals surface area contributed by atoms with Gasteiger partial charge in [-0.1, -0.05) is 41.9 Å². The van der Waals surface area contributed by atoms with Gasteiger partial charge in [-0.3, -0.25) is 14.6 Å². The highest BCUT2D eigenvalue weighted by molar-refractivity contribution is 6.30. The molecule has 1 amide bonds. The number of carbonyl (C=O) groups excluding carboxylic acids is 1. The Morgan fingerprint density at radius 2 is 1.96 bits per heavy atom. The predicted octanol–water partition coefficient (Wildman–Crippen LogP) is 3.71. The lowest BCUT2D eigenvalue weighted by Gasteiger charge is -2.02. The Bertz CT molecular complexity index is 1040. The van der Waals surface area contributed by atoms with Crippen molar-refractivity contribution in [3.8, 4) is 0 Å². The molecule has 0 bridgehead atoms. The first kappa shape index (κ1) is 15.4. The maximum absolute atomic E-state index is 12.4. The van der Waals surface area contributed by atoms with Crippen LogP contribution in [0.25, 0.3) is 10.9 Å². The molecule has 0 saturated heterocycles. The van der Waals surface area contributed by atoms with E-state index in [4.69, 9.17) is 11.6 Å². The fraction of sp³-hybridized carbons (Fsp3) is 0.0556. The van der Waals surface area contributed by atoms with Crippen LogP contribution in [-0.4, -0.2) is 25.9 Å². The monoisotopic (exact) mass is 351 g/mol. The van der Waals surface area contributed by atoms with E-state index < -0.39 is 0 Å². The molecule has 0 aliphatic heterocycles. The Kier molecular flexibility index (Phi) is 3.95. The summed E-state index contributed by atoms with van der Waals surface area (Å²) in [5.41, 5.74) is 2.88. The molecule has 0 atom stereocenters. The molecule has 6 nitrogen and oxygen atoms in total. The molecular weight excluding hydrogens is 338 g/mol. The smallest absolute Gasteiger partial charge is 0.276 e. The maximum Gasteiger partial charge on any atom is 0.276 e. The molecule has 2 heterocycles. The molecule has 124 valence electrons. The SMILES string of the molecule is O=C(Nc1cnn(Cc2ccc(Cl)cc2)c1)c1n[nH]c2ccccc12. The van der Waals surface area contributed by atoms with Crippen LogP contribution in [0.3, 0.4) is 0 Å². The predicted molar refractivity (Wildman–Crippen MR) is 96.8 cm³/mol. The number of hydrogen-bond acceptors (Lipinski definition) is 3. The summed E-state index contributed by atoms with van der Waals surface area (Å²) in [6.07, 6.45) is 3.39. The molecule has 2 N–H and O–H groups in total. The number of halogens is 1. The number of anilines is 1. The number of nitrogens with zero attached hydrogens (tertiary/aromatic N) is 3. The number of hydrogen-bond donors (Lipinski definition) is 2. The number of nitrogens with one attached hydrogen (secondary N) is 2. The molecule has 0 aliphatic rings. The average Bonchev–Trinajstić information content (AvgIpc) is 3.23. The van der Waals surface area contributed by atoms with Gasteiger partial charge in [-0.25, -0.2) is 0 Å². The molecule has 0 spiro atoms. The van der Waals surface area contributed by atoms with E-state index in [0.29, 0.717) is 22.9 Å². The summed E-state index contributed by atoms with van der Waals surface area (Å²) >= 11 is 5.89. The quantitative estimate of drug-likeness (QED) is 0.588. The zero-order valence-electron chi connectivity index (χ0n) is 13.1. The summed E-state index contributed by atoms with van der Waals surface area (Å²) in [6, 6.07) is 15.1. The largest absolute Gasteiger partial charge is 0.318 e. The Hall–Kier alpha value is -3.12. The second kappa shape index (κ2) is 6.41. The van der Waals surface area contributed by atoms with Crippen molar-refractivity contribution in [2.45, 2.75) is 6.54 Å². The van der Waals surface area contributed by atoms with Crippen molar-refractivity contribution in [3.63, 3.8) is 0 Å². The molecule has 7 heteroatoms. The third-order valence-electron chi connectivity index (χ3n) is 3.83. The Morgan fingerprint density at radius 3 is 2.80 bits per heavy atom. The van der Waals surface area contributed by atoms with Gasteiger partial charge in [0.2, 0.25) is 0 Å². The number of benzene rings is 2. The van der Waals surface area contributed by atoms with Crippen LogP contribution in [-0.2, 0) is 6.54 Å². The van der Waals surface area contributed by atoms with Crippen molar-refractivity contribution < 1.29 is 4.79 Å². The second-order valence-electron chi connectivity index (χ2n) is 5.62. The average molecular weight is 352 g/mol. The van der Waals surface area contributed by atoms with Gasteiger partial charge in [-0.15, -0.1) is 0 Å². The third kappa shape index (κ3) is 3.25.